The van der Waals surface area contributed by atoms with Crippen LogP contribution in [0.4, 0.5) is 4.39 Å². The van der Waals surface area contributed by atoms with Gasteiger partial charge in [0.25, 0.3) is 0 Å². The van der Waals surface area contributed by atoms with E-state index in [1.165, 1.54) is 12.1 Å². The molecule has 26 heavy (non-hydrogen) atoms. The molecule has 0 aromatic heterocycles. The Morgan fingerprint density at radius 1 is 1.42 bits per heavy atom. The number of nitrogens with one attached hydrogen (secondary N) is 2. The standard InChI is InChI=1S/C18H28FN3O2S.HI/c1-3-15(24-16-7-5-6-14(19)10-16)11-21-17(20-4-2)22-12-18(23)8-9-25-13-18;/h5-7,10,15,23H,3-4,8-9,11-13H2,1-2H3,(H2,20,21,22);1H. The molecule has 1 fully saturated rings. The smallest absolute Gasteiger partial charge is 0.191 e. The van der Waals surface area contributed by atoms with Crippen LogP contribution in [-0.2, 0) is 0 Å². The molecular formula is C18H29FIN3O2S. The van der Waals surface area contributed by atoms with Gasteiger partial charge in [0.05, 0.1) is 18.7 Å². The van der Waals surface area contributed by atoms with E-state index in [4.69, 9.17) is 4.74 Å². The van der Waals surface area contributed by atoms with E-state index >= 15 is 0 Å². The second-order valence-electron chi connectivity index (χ2n) is 6.21. The monoisotopic (exact) mass is 497 g/mol. The van der Waals surface area contributed by atoms with Gasteiger partial charge in [-0.05, 0) is 37.7 Å². The van der Waals surface area contributed by atoms with Gasteiger partial charge in [-0.15, -0.1) is 24.0 Å². The van der Waals surface area contributed by atoms with Gasteiger partial charge in [-0.3, -0.25) is 4.99 Å². The Kier molecular flexibility index (Phi) is 10.6. The van der Waals surface area contributed by atoms with Crippen molar-refractivity contribution in [1.29, 1.82) is 0 Å². The molecule has 1 aliphatic rings. The number of ether oxygens (including phenoxy) is 1. The number of aliphatic hydroxyl groups is 1. The molecule has 1 aromatic rings. The van der Waals surface area contributed by atoms with Crippen LogP contribution >= 0.6 is 35.7 Å². The highest BCUT2D eigenvalue weighted by Crippen LogP contribution is 2.27. The zero-order valence-corrected chi connectivity index (χ0v) is 18.5. The van der Waals surface area contributed by atoms with Crippen molar-refractivity contribution in [2.24, 2.45) is 4.99 Å². The van der Waals surface area contributed by atoms with Gasteiger partial charge in [-0.1, -0.05) is 13.0 Å². The number of guanidine groups is 1. The third kappa shape index (κ3) is 7.87. The third-order valence-electron chi connectivity index (χ3n) is 4.01. The zero-order chi connectivity index (χ0) is 18.1. The van der Waals surface area contributed by atoms with E-state index < -0.39 is 5.60 Å². The topological polar surface area (TPSA) is 65.9 Å². The number of hydrogen-bond donors (Lipinski definition) is 3. The molecule has 1 aromatic carbocycles. The van der Waals surface area contributed by atoms with E-state index in [0.29, 0.717) is 24.8 Å². The van der Waals surface area contributed by atoms with Crippen LogP contribution in [0.1, 0.15) is 26.7 Å². The minimum absolute atomic E-state index is 0. The lowest BCUT2D eigenvalue weighted by Crippen LogP contribution is -2.44. The minimum Gasteiger partial charge on any atom is -0.489 e. The van der Waals surface area contributed by atoms with Crippen molar-refractivity contribution in [3.05, 3.63) is 30.1 Å². The second kappa shape index (κ2) is 11.9. The van der Waals surface area contributed by atoms with Gasteiger partial charge in [0, 0.05) is 18.4 Å². The summed E-state index contributed by atoms with van der Waals surface area (Å²) in [5.41, 5.74) is -0.699. The Bertz CT molecular complexity index is 571. The van der Waals surface area contributed by atoms with Gasteiger partial charge in [-0.25, -0.2) is 4.39 Å². The highest BCUT2D eigenvalue weighted by Gasteiger charge is 2.31. The molecule has 0 bridgehead atoms. The Hall–Kier alpha value is -0.740. The van der Waals surface area contributed by atoms with E-state index in [2.05, 4.69) is 15.6 Å². The molecule has 8 heteroatoms. The van der Waals surface area contributed by atoms with Gasteiger partial charge in [0.2, 0.25) is 0 Å². The average Bonchev–Trinajstić information content (AvgIpc) is 3.03. The van der Waals surface area contributed by atoms with E-state index in [1.54, 1.807) is 23.9 Å². The number of halogens is 2. The summed E-state index contributed by atoms with van der Waals surface area (Å²) < 4.78 is 19.1. The summed E-state index contributed by atoms with van der Waals surface area (Å²) >= 11 is 1.76. The summed E-state index contributed by atoms with van der Waals surface area (Å²) in [5, 5.41) is 16.8. The maximum Gasteiger partial charge on any atom is 0.191 e. The van der Waals surface area contributed by atoms with Crippen LogP contribution in [0.2, 0.25) is 0 Å². The summed E-state index contributed by atoms with van der Waals surface area (Å²) in [5.74, 6) is 2.59. The molecule has 1 aliphatic heterocycles. The number of hydrogen-bond acceptors (Lipinski definition) is 4. The number of thioether (sulfide) groups is 1. The van der Waals surface area contributed by atoms with Crippen molar-refractivity contribution < 1.29 is 14.2 Å². The van der Waals surface area contributed by atoms with Gasteiger partial charge >= 0.3 is 0 Å². The highest BCUT2D eigenvalue weighted by molar-refractivity contribution is 14.0. The van der Waals surface area contributed by atoms with E-state index in [1.807, 2.05) is 13.8 Å². The molecule has 0 radical (unpaired) electrons. The molecule has 1 saturated heterocycles. The molecule has 148 valence electrons. The normalized spacial score (nSPS) is 21.0. The fraction of sp³-hybridized carbons (Fsp3) is 0.611. The van der Waals surface area contributed by atoms with Gasteiger partial charge in [-0.2, -0.15) is 11.8 Å². The number of nitrogens with zero attached hydrogens (tertiary/aromatic N) is 1. The molecule has 0 spiro atoms. The number of aliphatic imine (C=N–C) groups is 1. The predicted molar refractivity (Wildman–Crippen MR) is 117 cm³/mol. The molecule has 0 amide bonds. The summed E-state index contributed by atoms with van der Waals surface area (Å²) in [6.07, 6.45) is 1.46. The highest BCUT2D eigenvalue weighted by atomic mass is 127. The van der Waals surface area contributed by atoms with Crippen molar-refractivity contribution in [2.75, 3.05) is 31.1 Å². The second-order valence-corrected chi connectivity index (χ2v) is 7.31. The fourth-order valence-electron chi connectivity index (χ4n) is 2.50. The van der Waals surface area contributed by atoms with Crippen LogP contribution in [0.25, 0.3) is 0 Å². The van der Waals surface area contributed by atoms with Gasteiger partial charge < -0.3 is 20.5 Å². The van der Waals surface area contributed by atoms with Crippen molar-refractivity contribution in [2.45, 2.75) is 38.4 Å². The van der Waals surface area contributed by atoms with Crippen LogP contribution in [0.15, 0.2) is 29.3 Å². The van der Waals surface area contributed by atoms with Crippen molar-refractivity contribution >= 4 is 41.7 Å². The maximum atomic E-state index is 13.3. The number of benzene rings is 1. The first-order valence-electron chi connectivity index (χ1n) is 8.79. The fourth-order valence-corrected chi connectivity index (χ4v) is 3.79. The molecule has 2 atom stereocenters. The molecule has 2 unspecified atom stereocenters. The number of rotatable bonds is 8. The van der Waals surface area contributed by atoms with Crippen LogP contribution < -0.4 is 15.4 Å². The first kappa shape index (κ1) is 23.3. The first-order valence-corrected chi connectivity index (χ1v) is 9.94. The SMILES string of the molecule is CCNC(=NCC1(O)CCSC1)NCC(CC)Oc1cccc(F)c1.I. The Morgan fingerprint density at radius 2 is 2.23 bits per heavy atom. The van der Waals surface area contributed by atoms with Gasteiger partial charge in [0.15, 0.2) is 5.96 Å². The van der Waals surface area contributed by atoms with E-state index in [9.17, 15) is 9.50 Å². The minimum atomic E-state index is -0.699. The van der Waals surface area contributed by atoms with Crippen LogP contribution in [0.5, 0.6) is 5.75 Å². The average molecular weight is 497 g/mol. The Morgan fingerprint density at radius 3 is 2.85 bits per heavy atom. The lowest BCUT2D eigenvalue weighted by molar-refractivity contribution is 0.0778. The van der Waals surface area contributed by atoms with E-state index in [0.717, 1.165) is 30.9 Å². The molecule has 0 saturated carbocycles. The summed E-state index contributed by atoms with van der Waals surface area (Å²) in [6.45, 7) is 5.69. The molecule has 0 aliphatic carbocycles. The van der Waals surface area contributed by atoms with E-state index in [-0.39, 0.29) is 35.9 Å². The summed E-state index contributed by atoms with van der Waals surface area (Å²) in [7, 11) is 0. The van der Waals surface area contributed by atoms with Crippen molar-refractivity contribution in [1.82, 2.24) is 10.6 Å². The summed E-state index contributed by atoms with van der Waals surface area (Å²) in [6, 6.07) is 6.16. The largest absolute Gasteiger partial charge is 0.489 e. The maximum absolute atomic E-state index is 13.3. The predicted octanol–water partition coefficient (Wildman–Crippen LogP) is 3.02. The van der Waals surface area contributed by atoms with Crippen LogP contribution in [0, 0.1) is 5.82 Å². The van der Waals surface area contributed by atoms with Crippen LogP contribution in [0.3, 0.4) is 0 Å². The third-order valence-corrected chi connectivity index (χ3v) is 5.24. The quantitative estimate of drug-likeness (QED) is 0.293. The molecule has 2 rings (SSSR count). The Labute approximate surface area is 176 Å². The van der Waals surface area contributed by atoms with Crippen molar-refractivity contribution in [3.63, 3.8) is 0 Å². The summed E-state index contributed by atoms with van der Waals surface area (Å²) in [4.78, 5) is 4.51. The first-order chi connectivity index (χ1) is 12.0. The van der Waals surface area contributed by atoms with Crippen LogP contribution in [-0.4, -0.2) is 53.9 Å². The van der Waals surface area contributed by atoms with Gasteiger partial charge in [0.1, 0.15) is 17.7 Å². The zero-order valence-electron chi connectivity index (χ0n) is 15.3. The molecule has 3 N–H and O–H groups in total. The molecular weight excluding hydrogens is 468 g/mol. The Balaban J connectivity index is 0.00000338. The lowest BCUT2D eigenvalue weighted by Gasteiger charge is -2.22. The molecule has 5 nitrogen and oxygen atoms in total. The molecule has 1 heterocycles. The van der Waals surface area contributed by atoms with Crippen molar-refractivity contribution in [3.8, 4) is 5.75 Å². The lowest BCUT2D eigenvalue weighted by atomic mass is 10.1.